The van der Waals surface area contributed by atoms with Gasteiger partial charge in [-0.05, 0) is 24.3 Å². The van der Waals surface area contributed by atoms with E-state index in [1.807, 2.05) is 36.4 Å². The first-order chi connectivity index (χ1) is 13.6. The summed E-state index contributed by atoms with van der Waals surface area (Å²) in [5.41, 5.74) is 1.41. The van der Waals surface area contributed by atoms with Crippen LogP contribution in [-0.2, 0) is 0 Å². The third-order valence-corrected chi connectivity index (χ3v) is 4.36. The second-order valence-corrected chi connectivity index (χ2v) is 6.33. The van der Waals surface area contributed by atoms with Gasteiger partial charge in [0.15, 0.2) is 5.82 Å². The Hall–Kier alpha value is -3.51. The Morgan fingerprint density at radius 1 is 0.929 bits per heavy atom. The highest BCUT2D eigenvalue weighted by Crippen LogP contribution is 2.26. The van der Waals surface area contributed by atoms with E-state index >= 15 is 0 Å². The molecule has 1 amide bonds. The van der Waals surface area contributed by atoms with Gasteiger partial charge in [-0.2, -0.15) is 0 Å². The minimum atomic E-state index is -0.618. The molecule has 0 unspecified atom stereocenters. The van der Waals surface area contributed by atoms with Crippen LogP contribution in [0, 0.1) is 5.82 Å². The van der Waals surface area contributed by atoms with Gasteiger partial charge in [0, 0.05) is 5.56 Å². The van der Waals surface area contributed by atoms with E-state index in [0.717, 1.165) is 5.56 Å². The molecule has 0 aliphatic heterocycles. The minimum Gasteiger partial charge on any atom is -0.317 e. The van der Waals surface area contributed by atoms with Gasteiger partial charge in [0.05, 0.1) is 16.4 Å². The van der Waals surface area contributed by atoms with Gasteiger partial charge < -0.3 is 5.32 Å². The van der Waals surface area contributed by atoms with Crippen molar-refractivity contribution in [3.8, 4) is 17.1 Å². The lowest BCUT2D eigenvalue weighted by Gasteiger charge is -2.07. The van der Waals surface area contributed by atoms with Gasteiger partial charge in [-0.3, -0.25) is 4.79 Å². The van der Waals surface area contributed by atoms with Gasteiger partial charge in [-0.25, -0.2) is 14.1 Å². The summed E-state index contributed by atoms with van der Waals surface area (Å²) in [4.78, 5) is 17.0. The summed E-state index contributed by atoms with van der Waals surface area (Å²) in [5, 5.41) is 7.29. The van der Waals surface area contributed by atoms with Gasteiger partial charge >= 0.3 is 0 Å². The Bertz CT molecular complexity index is 1140. The SMILES string of the molecule is O=C(Nc1ccccc1F)c1nc(-c2ccccc2)n(-c2ccccc2Cl)n1. The first-order valence-electron chi connectivity index (χ1n) is 8.47. The number of carbonyl (C=O) groups is 1. The molecule has 5 nitrogen and oxygen atoms in total. The molecule has 0 fully saturated rings. The maximum Gasteiger partial charge on any atom is 0.295 e. The van der Waals surface area contributed by atoms with E-state index < -0.39 is 11.7 Å². The number of anilines is 1. The Labute approximate surface area is 165 Å². The number of para-hydroxylation sites is 2. The molecule has 3 aromatic carbocycles. The number of benzene rings is 3. The Morgan fingerprint density at radius 2 is 1.61 bits per heavy atom. The molecular formula is C21H14ClFN4O. The minimum absolute atomic E-state index is 0.0582. The molecule has 0 radical (unpaired) electrons. The number of halogens is 2. The summed E-state index contributed by atoms with van der Waals surface area (Å²) in [5.74, 6) is -0.799. The molecule has 0 bridgehead atoms. The summed E-state index contributed by atoms with van der Waals surface area (Å²) in [6, 6.07) is 22.4. The standard InChI is InChI=1S/C21H14ClFN4O/c22-15-10-4-7-13-18(15)27-20(14-8-2-1-3-9-14)25-19(26-27)21(28)24-17-12-6-5-11-16(17)23/h1-13H,(H,24,28). The van der Waals surface area contributed by atoms with Crippen molar-refractivity contribution in [2.45, 2.75) is 0 Å². The fourth-order valence-electron chi connectivity index (χ4n) is 2.71. The van der Waals surface area contributed by atoms with E-state index in [-0.39, 0.29) is 11.5 Å². The smallest absolute Gasteiger partial charge is 0.295 e. The number of aromatic nitrogens is 3. The molecule has 1 N–H and O–H groups in total. The van der Waals surface area contributed by atoms with Gasteiger partial charge in [-0.15, -0.1) is 5.10 Å². The quantitative estimate of drug-likeness (QED) is 0.533. The monoisotopic (exact) mass is 392 g/mol. The Balaban J connectivity index is 1.79. The molecule has 0 aliphatic carbocycles. The lowest BCUT2D eigenvalue weighted by atomic mass is 10.2. The second kappa shape index (κ2) is 7.62. The molecular weight excluding hydrogens is 379 g/mol. The highest BCUT2D eigenvalue weighted by Gasteiger charge is 2.20. The molecule has 4 aromatic rings. The average molecular weight is 393 g/mol. The van der Waals surface area contributed by atoms with Crippen molar-refractivity contribution in [1.82, 2.24) is 14.8 Å². The Kier molecular flexibility index (Phi) is 4.87. The van der Waals surface area contributed by atoms with E-state index in [1.165, 1.54) is 16.8 Å². The first kappa shape index (κ1) is 17.9. The van der Waals surface area contributed by atoms with E-state index in [4.69, 9.17) is 11.6 Å². The highest BCUT2D eigenvalue weighted by molar-refractivity contribution is 6.32. The predicted octanol–water partition coefficient (Wildman–Crippen LogP) is 4.98. The fraction of sp³-hybridized carbons (Fsp3) is 0. The summed E-state index contributed by atoms with van der Waals surface area (Å²) < 4.78 is 15.4. The van der Waals surface area contributed by atoms with Gasteiger partial charge in [0.25, 0.3) is 5.91 Å². The van der Waals surface area contributed by atoms with E-state index in [1.54, 1.807) is 30.3 Å². The maximum absolute atomic E-state index is 13.9. The molecule has 138 valence electrons. The summed E-state index contributed by atoms with van der Waals surface area (Å²) >= 11 is 6.32. The van der Waals surface area contributed by atoms with E-state index in [9.17, 15) is 9.18 Å². The van der Waals surface area contributed by atoms with Crippen LogP contribution in [0.1, 0.15) is 10.6 Å². The Morgan fingerprint density at radius 3 is 2.36 bits per heavy atom. The number of amides is 1. The van der Waals surface area contributed by atoms with Crippen molar-refractivity contribution in [2.75, 3.05) is 5.32 Å². The molecule has 28 heavy (non-hydrogen) atoms. The first-order valence-corrected chi connectivity index (χ1v) is 8.84. The number of carbonyl (C=O) groups excluding carboxylic acids is 1. The van der Waals surface area contributed by atoms with Crippen LogP contribution in [0.5, 0.6) is 0 Å². The molecule has 1 aromatic heterocycles. The van der Waals surface area contributed by atoms with Crippen molar-refractivity contribution in [3.05, 3.63) is 95.5 Å². The average Bonchev–Trinajstić information content (AvgIpc) is 3.16. The fourth-order valence-corrected chi connectivity index (χ4v) is 2.93. The topological polar surface area (TPSA) is 59.8 Å². The third-order valence-electron chi connectivity index (χ3n) is 4.04. The summed E-state index contributed by atoms with van der Waals surface area (Å²) in [7, 11) is 0. The van der Waals surface area contributed by atoms with Crippen molar-refractivity contribution in [3.63, 3.8) is 0 Å². The van der Waals surface area contributed by atoms with Gasteiger partial charge in [0.2, 0.25) is 5.82 Å². The number of hydrogen-bond donors (Lipinski definition) is 1. The van der Waals surface area contributed by atoms with Crippen LogP contribution < -0.4 is 5.32 Å². The molecule has 0 aliphatic rings. The number of rotatable bonds is 4. The normalized spacial score (nSPS) is 10.6. The van der Waals surface area contributed by atoms with Crippen LogP contribution in [0.3, 0.4) is 0 Å². The molecule has 0 saturated heterocycles. The number of hydrogen-bond acceptors (Lipinski definition) is 3. The second-order valence-electron chi connectivity index (χ2n) is 5.92. The molecule has 4 rings (SSSR count). The lowest BCUT2D eigenvalue weighted by molar-refractivity contribution is 0.101. The molecule has 0 saturated carbocycles. The highest BCUT2D eigenvalue weighted by atomic mass is 35.5. The van der Waals surface area contributed by atoms with Crippen LogP contribution in [0.2, 0.25) is 5.02 Å². The van der Waals surface area contributed by atoms with Crippen LogP contribution in [0.25, 0.3) is 17.1 Å². The van der Waals surface area contributed by atoms with Gasteiger partial charge in [0.1, 0.15) is 5.82 Å². The molecule has 0 atom stereocenters. The number of nitrogens with zero attached hydrogens (tertiary/aromatic N) is 3. The molecule has 7 heteroatoms. The summed E-state index contributed by atoms with van der Waals surface area (Å²) in [6.07, 6.45) is 0. The zero-order valence-electron chi connectivity index (χ0n) is 14.5. The molecule has 0 spiro atoms. The van der Waals surface area contributed by atoms with Crippen LogP contribution >= 0.6 is 11.6 Å². The maximum atomic E-state index is 13.9. The summed E-state index contributed by atoms with van der Waals surface area (Å²) in [6.45, 7) is 0. The van der Waals surface area contributed by atoms with Crippen LogP contribution in [0.4, 0.5) is 10.1 Å². The van der Waals surface area contributed by atoms with Crippen LogP contribution in [-0.4, -0.2) is 20.7 Å². The van der Waals surface area contributed by atoms with Crippen molar-refractivity contribution in [2.24, 2.45) is 0 Å². The van der Waals surface area contributed by atoms with E-state index in [0.29, 0.717) is 16.5 Å². The van der Waals surface area contributed by atoms with Gasteiger partial charge in [-0.1, -0.05) is 66.2 Å². The molecule has 1 heterocycles. The largest absolute Gasteiger partial charge is 0.317 e. The van der Waals surface area contributed by atoms with Crippen molar-refractivity contribution >= 4 is 23.2 Å². The number of nitrogens with one attached hydrogen (secondary N) is 1. The van der Waals surface area contributed by atoms with Crippen molar-refractivity contribution < 1.29 is 9.18 Å². The zero-order chi connectivity index (χ0) is 19.5. The zero-order valence-corrected chi connectivity index (χ0v) is 15.3. The van der Waals surface area contributed by atoms with Crippen molar-refractivity contribution in [1.29, 1.82) is 0 Å². The van der Waals surface area contributed by atoms with Crippen LogP contribution in [0.15, 0.2) is 78.9 Å². The predicted molar refractivity (Wildman–Crippen MR) is 106 cm³/mol. The van der Waals surface area contributed by atoms with E-state index in [2.05, 4.69) is 15.4 Å². The lowest BCUT2D eigenvalue weighted by Crippen LogP contribution is -2.15. The third kappa shape index (κ3) is 3.50.